The van der Waals surface area contributed by atoms with Gasteiger partial charge in [0, 0.05) is 6.42 Å². The van der Waals surface area contributed by atoms with E-state index < -0.39 is 6.17 Å². The van der Waals surface area contributed by atoms with Crippen LogP contribution in [0.5, 0.6) is 0 Å². The average molecular weight is 169 g/mol. The Kier molecular flexibility index (Phi) is 4.10. The summed E-state index contributed by atoms with van der Waals surface area (Å²) in [5.74, 6) is 2.73. The van der Waals surface area contributed by atoms with E-state index in [2.05, 4.69) is 11.2 Å². The molecule has 68 valence electrons. The molecular weight excluding hydrogens is 153 g/mol. The second-order valence-electron chi connectivity index (χ2n) is 3.35. The zero-order valence-electron chi connectivity index (χ0n) is 7.35. The lowest BCUT2D eigenvalue weighted by Crippen LogP contribution is -2.32. The first-order valence-electron chi connectivity index (χ1n) is 4.63. The van der Waals surface area contributed by atoms with Crippen LogP contribution in [-0.2, 0) is 0 Å². The highest BCUT2D eigenvalue weighted by Gasteiger charge is 2.21. The molecule has 0 aromatic heterocycles. The van der Waals surface area contributed by atoms with Crippen molar-refractivity contribution in [1.82, 2.24) is 5.32 Å². The fourth-order valence-electron chi connectivity index (χ4n) is 1.66. The van der Waals surface area contributed by atoms with E-state index in [-0.39, 0.29) is 5.92 Å². The molecule has 1 rings (SSSR count). The Bertz CT molecular complexity index is 156. The number of piperidine rings is 1. The van der Waals surface area contributed by atoms with Gasteiger partial charge in [0.05, 0.1) is 0 Å². The lowest BCUT2D eigenvalue weighted by Gasteiger charge is -2.25. The molecule has 0 aromatic rings. The molecule has 0 bridgehead atoms. The second-order valence-corrected chi connectivity index (χ2v) is 3.35. The number of rotatable bonds is 3. The van der Waals surface area contributed by atoms with Crippen LogP contribution >= 0.6 is 0 Å². The van der Waals surface area contributed by atoms with Gasteiger partial charge in [-0.3, -0.25) is 0 Å². The molecule has 1 aliphatic heterocycles. The van der Waals surface area contributed by atoms with Gasteiger partial charge in [-0.1, -0.05) is 0 Å². The topological polar surface area (TPSA) is 12.0 Å². The zero-order chi connectivity index (χ0) is 8.81. The van der Waals surface area contributed by atoms with E-state index in [0.717, 1.165) is 25.9 Å². The van der Waals surface area contributed by atoms with Crippen molar-refractivity contribution >= 4 is 0 Å². The Morgan fingerprint density at radius 2 is 2.17 bits per heavy atom. The minimum atomic E-state index is -0.678. The maximum Gasteiger partial charge on any atom is 0.104 e. The van der Waals surface area contributed by atoms with Crippen molar-refractivity contribution in [1.29, 1.82) is 0 Å². The molecule has 1 aliphatic rings. The fraction of sp³-hybridized carbons (Fsp3) is 0.800. The van der Waals surface area contributed by atoms with Crippen molar-refractivity contribution in [2.24, 2.45) is 5.92 Å². The van der Waals surface area contributed by atoms with Gasteiger partial charge in [0.25, 0.3) is 0 Å². The molecule has 1 fully saturated rings. The van der Waals surface area contributed by atoms with E-state index in [4.69, 9.17) is 6.42 Å². The van der Waals surface area contributed by atoms with Crippen molar-refractivity contribution in [2.45, 2.75) is 31.9 Å². The third kappa shape index (κ3) is 2.83. The summed E-state index contributed by atoms with van der Waals surface area (Å²) in [4.78, 5) is 0. The molecule has 0 amide bonds. The smallest absolute Gasteiger partial charge is 0.104 e. The van der Waals surface area contributed by atoms with Crippen molar-refractivity contribution in [3.8, 4) is 12.3 Å². The summed E-state index contributed by atoms with van der Waals surface area (Å²) >= 11 is 0. The largest absolute Gasteiger partial charge is 0.317 e. The molecule has 12 heavy (non-hydrogen) atoms. The number of alkyl halides is 1. The van der Waals surface area contributed by atoms with Gasteiger partial charge in [-0.05, 0) is 38.3 Å². The number of halogens is 1. The fourth-order valence-corrected chi connectivity index (χ4v) is 1.66. The molecule has 1 N–H and O–H groups in total. The maximum atomic E-state index is 13.4. The third-order valence-corrected chi connectivity index (χ3v) is 2.46. The molecule has 1 unspecified atom stereocenters. The number of hydrogen-bond donors (Lipinski definition) is 1. The lowest BCUT2D eigenvalue weighted by molar-refractivity contribution is 0.179. The summed E-state index contributed by atoms with van der Waals surface area (Å²) in [6.07, 6.45) is 7.45. The molecule has 0 radical (unpaired) electrons. The van der Waals surface area contributed by atoms with Crippen LogP contribution in [0.4, 0.5) is 4.39 Å². The van der Waals surface area contributed by atoms with E-state index >= 15 is 0 Å². The van der Waals surface area contributed by atoms with Gasteiger partial charge in [0.1, 0.15) is 6.17 Å². The van der Waals surface area contributed by atoms with Gasteiger partial charge in [-0.2, -0.15) is 0 Å². The Balaban J connectivity index is 2.21. The normalized spacial score (nSPS) is 21.7. The molecule has 1 atom stereocenters. The maximum absolute atomic E-state index is 13.4. The summed E-state index contributed by atoms with van der Waals surface area (Å²) in [5.41, 5.74) is 0. The van der Waals surface area contributed by atoms with Crippen molar-refractivity contribution < 1.29 is 4.39 Å². The van der Waals surface area contributed by atoms with Crippen LogP contribution < -0.4 is 5.32 Å². The first-order valence-corrected chi connectivity index (χ1v) is 4.63. The molecule has 0 saturated carbocycles. The second kappa shape index (κ2) is 5.16. The average Bonchev–Trinajstić information content (AvgIpc) is 2.15. The van der Waals surface area contributed by atoms with Crippen molar-refractivity contribution in [3.63, 3.8) is 0 Å². The molecular formula is C10H16FN. The van der Waals surface area contributed by atoms with Gasteiger partial charge in [0.15, 0.2) is 0 Å². The Hall–Kier alpha value is -0.550. The quantitative estimate of drug-likeness (QED) is 0.634. The van der Waals surface area contributed by atoms with Gasteiger partial charge in [0.2, 0.25) is 0 Å². The van der Waals surface area contributed by atoms with Crippen LogP contribution in [0.3, 0.4) is 0 Å². The molecule has 1 nitrogen and oxygen atoms in total. The predicted octanol–water partition coefficient (Wildman–Crippen LogP) is 1.74. The van der Waals surface area contributed by atoms with Crippen molar-refractivity contribution in [2.75, 3.05) is 13.1 Å². The van der Waals surface area contributed by atoms with Crippen LogP contribution in [0.2, 0.25) is 0 Å². The SMILES string of the molecule is C#CCCC(F)C1CCNCC1. The van der Waals surface area contributed by atoms with E-state index in [1.165, 1.54) is 0 Å². The number of terminal acetylenes is 1. The lowest BCUT2D eigenvalue weighted by atomic mass is 9.91. The summed E-state index contributed by atoms with van der Waals surface area (Å²) in [7, 11) is 0. The minimum absolute atomic E-state index is 0.250. The summed E-state index contributed by atoms with van der Waals surface area (Å²) in [6.45, 7) is 1.92. The summed E-state index contributed by atoms with van der Waals surface area (Å²) in [6, 6.07) is 0. The van der Waals surface area contributed by atoms with Crippen LogP contribution in [0, 0.1) is 18.3 Å². The van der Waals surface area contributed by atoms with E-state index in [1.54, 1.807) is 0 Å². The Morgan fingerprint density at radius 3 is 2.75 bits per heavy atom. The zero-order valence-corrected chi connectivity index (χ0v) is 7.35. The van der Waals surface area contributed by atoms with Gasteiger partial charge in [-0.15, -0.1) is 12.3 Å². The number of nitrogens with one attached hydrogen (secondary N) is 1. The molecule has 1 heterocycles. The monoisotopic (exact) mass is 169 g/mol. The van der Waals surface area contributed by atoms with E-state index in [9.17, 15) is 4.39 Å². The van der Waals surface area contributed by atoms with Crippen molar-refractivity contribution in [3.05, 3.63) is 0 Å². The first-order chi connectivity index (χ1) is 5.84. The van der Waals surface area contributed by atoms with Gasteiger partial charge in [-0.25, -0.2) is 4.39 Å². The number of hydrogen-bond acceptors (Lipinski definition) is 1. The van der Waals surface area contributed by atoms with Gasteiger partial charge < -0.3 is 5.32 Å². The third-order valence-electron chi connectivity index (χ3n) is 2.46. The minimum Gasteiger partial charge on any atom is -0.317 e. The summed E-state index contributed by atoms with van der Waals surface area (Å²) in [5, 5.41) is 3.22. The first kappa shape index (κ1) is 9.54. The molecule has 0 aromatic carbocycles. The molecule has 1 saturated heterocycles. The van der Waals surface area contributed by atoms with Crippen LogP contribution in [0.15, 0.2) is 0 Å². The Morgan fingerprint density at radius 1 is 1.50 bits per heavy atom. The highest BCUT2D eigenvalue weighted by molar-refractivity contribution is 4.86. The highest BCUT2D eigenvalue weighted by Crippen LogP contribution is 2.22. The van der Waals surface area contributed by atoms with Crippen LogP contribution in [0.1, 0.15) is 25.7 Å². The van der Waals surface area contributed by atoms with Crippen LogP contribution in [-0.4, -0.2) is 19.3 Å². The Labute approximate surface area is 73.7 Å². The van der Waals surface area contributed by atoms with E-state index in [1.807, 2.05) is 0 Å². The molecule has 2 heteroatoms. The molecule has 0 spiro atoms. The van der Waals surface area contributed by atoms with Gasteiger partial charge >= 0.3 is 0 Å². The van der Waals surface area contributed by atoms with E-state index in [0.29, 0.717) is 12.8 Å². The standard InChI is InChI=1S/C10H16FN/c1-2-3-4-10(11)9-5-7-12-8-6-9/h1,9-10,12H,3-8H2. The highest BCUT2D eigenvalue weighted by atomic mass is 19.1. The predicted molar refractivity (Wildman–Crippen MR) is 48.6 cm³/mol. The van der Waals surface area contributed by atoms with Crippen LogP contribution in [0.25, 0.3) is 0 Å². The molecule has 0 aliphatic carbocycles. The summed E-state index contributed by atoms with van der Waals surface area (Å²) < 4.78 is 13.4.